The van der Waals surface area contributed by atoms with Gasteiger partial charge in [0.25, 0.3) is 11.8 Å². The number of carbonyl (C=O) groups excluding carboxylic acids is 2. The van der Waals surface area contributed by atoms with Crippen LogP contribution in [0, 0.1) is 5.41 Å². The van der Waals surface area contributed by atoms with Crippen molar-refractivity contribution in [1.29, 1.82) is 0 Å². The van der Waals surface area contributed by atoms with Crippen LogP contribution in [0.2, 0.25) is 0 Å². The predicted molar refractivity (Wildman–Crippen MR) is 71.7 cm³/mol. The Labute approximate surface area is 112 Å². The third-order valence-electron chi connectivity index (χ3n) is 4.17. The second-order valence-electron chi connectivity index (χ2n) is 5.52. The van der Waals surface area contributed by atoms with Gasteiger partial charge >= 0.3 is 0 Å². The van der Waals surface area contributed by atoms with Crippen molar-refractivity contribution >= 4 is 11.8 Å². The van der Waals surface area contributed by atoms with Crippen LogP contribution in [0.15, 0.2) is 18.2 Å². The highest BCUT2D eigenvalue weighted by molar-refractivity contribution is 5.95. The second-order valence-corrected chi connectivity index (χ2v) is 5.52. The fourth-order valence-electron chi connectivity index (χ4n) is 2.13. The Morgan fingerprint density at radius 1 is 1.37 bits per heavy atom. The van der Waals surface area contributed by atoms with Crippen molar-refractivity contribution in [2.75, 3.05) is 7.05 Å². The van der Waals surface area contributed by atoms with Crippen LogP contribution in [-0.2, 0) is 0 Å². The molecule has 1 aliphatic rings. The number of amides is 2. The maximum atomic E-state index is 12.3. The summed E-state index contributed by atoms with van der Waals surface area (Å²) in [6.07, 6.45) is 2.28. The van der Waals surface area contributed by atoms with E-state index >= 15 is 0 Å². The standard InChI is InChI=1S/C14H19N3O2/c1-9(14(2)7-8-14)17(3)13(19)11-6-4-5-10(16-11)12(15)18/h4-6,9H,7-8H2,1-3H3,(H2,15,18)/t9-/m1/s1. The van der Waals surface area contributed by atoms with Crippen molar-refractivity contribution in [1.82, 2.24) is 9.88 Å². The third-order valence-corrected chi connectivity index (χ3v) is 4.17. The van der Waals surface area contributed by atoms with E-state index in [0.29, 0.717) is 0 Å². The summed E-state index contributed by atoms with van der Waals surface area (Å²) in [5.41, 5.74) is 5.76. The van der Waals surface area contributed by atoms with E-state index in [4.69, 9.17) is 5.73 Å². The molecule has 5 nitrogen and oxygen atoms in total. The Balaban J connectivity index is 2.19. The molecule has 1 fully saturated rings. The predicted octanol–water partition coefficient (Wildman–Crippen LogP) is 1.44. The van der Waals surface area contributed by atoms with Crippen molar-refractivity contribution in [2.45, 2.75) is 32.7 Å². The zero-order valence-corrected chi connectivity index (χ0v) is 11.5. The van der Waals surface area contributed by atoms with E-state index < -0.39 is 5.91 Å². The Morgan fingerprint density at radius 3 is 2.47 bits per heavy atom. The number of primary amides is 1. The van der Waals surface area contributed by atoms with Crippen LogP contribution in [0.25, 0.3) is 0 Å². The molecule has 2 N–H and O–H groups in total. The van der Waals surface area contributed by atoms with Gasteiger partial charge in [0.1, 0.15) is 11.4 Å². The van der Waals surface area contributed by atoms with Crippen molar-refractivity contribution in [2.24, 2.45) is 11.1 Å². The lowest BCUT2D eigenvalue weighted by molar-refractivity contribution is 0.0678. The number of nitrogens with zero attached hydrogens (tertiary/aromatic N) is 2. The van der Waals surface area contributed by atoms with Crippen LogP contribution in [-0.4, -0.2) is 34.8 Å². The summed E-state index contributed by atoms with van der Waals surface area (Å²) in [4.78, 5) is 29.1. The summed E-state index contributed by atoms with van der Waals surface area (Å²) in [6.45, 7) is 4.22. The Hall–Kier alpha value is -1.91. The van der Waals surface area contributed by atoms with Crippen molar-refractivity contribution in [3.05, 3.63) is 29.6 Å². The van der Waals surface area contributed by atoms with Gasteiger partial charge < -0.3 is 10.6 Å². The molecular formula is C14H19N3O2. The minimum absolute atomic E-state index is 0.115. The summed E-state index contributed by atoms with van der Waals surface area (Å²) in [6, 6.07) is 4.88. The van der Waals surface area contributed by atoms with Crippen molar-refractivity contribution in [3.63, 3.8) is 0 Å². The quantitative estimate of drug-likeness (QED) is 0.891. The molecule has 1 saturated carbocycles. The first-order valence-electron chi connectivity index (χ1n) is 6.39. The van der Waals surface area contributed by atoms with Gasteiger partial charge in [0, 0.05) is 13.1 Å². The van der Waals surface area contributed by atoms with E-state index in [2.05, 4.69) is 11.9 Å². The highest BCUT2D eigenvalue weighted by Gasteiger charge is 2.45. The van der Waals surface area contributed by atoms with E-state index in [1.807, 2.05) is 6.92 Å². The molecule has 102 valence electrons. The summed E-state index contributed by atoms with van der Waals surface area (Å²) < 4.78 is 0. The first-order valence-corrected chi connectivity index (χ1v) is 6.39. The van der Waals surface area contributed by atoms with Gasteiger partial charge in [-0.15, -0.1) is 0 Å². The van der Waals surface area contributed by atoms with Crippen molar-refractivity contribution < 1.29 is 9.59 Å². The zero-order chi connectivity index (χ0) is 14.2. The molecule has 0 unspecified atom stereocenters. The van der Waals surface area contributed by atoms with E-state index in [1.54, 1.807) is 24.1 Å². The highest BCUT2D eigenvalue weighted by atomic mass is 16.2. The number of rotatable bonds is 4. The molecule has 0 saturated heterocycles. The highest BCUT2D eigenvalue weighted by Crippen LogP contribution is 2.49. The average Bonchev–Trinajstić information content (AvgIpc) is 3.15. The van der Waals surface area contributed by atoms with Gasteiger partial charge in [0.05, 0.1) is 0 Å². The van der Waals surface area contributed by atoms with Gasteiger partial charge in [-0.3, -0.25) is 9.59 Å². The molecular weight excluding hydrogens is 242 g/mol. The maximum Gasteiger partial charge on any atom is 0.272 e. The fourth-order valence-corrected chi connectivity index (χ4v) is 2.13. The number of pyridine rings is 1. The molecule has 0 radical (unpaired) electrons. The summed E-state index contributed by atoms with van der Waals surface area (Å²) >= 11 is 0. The zero-order valence-electron chi connectivity index (χ0n) is 11.5. The molecule has 0 spiro atoms. The molecule has 1 atom stereocenters. The van der Waals surface area contributed by atoms with Gasteiger partial charge in [-0.05, 0) is 37.3 Å². The Morgan fingerprint density at radius 2 is 1.95 bits per heavy atom. The number of nitrogens with two attached hydrogens (primary N) is 1. The molecule has 0 bridgehead atoms. The van der Waals surface area contributed by atoms with Crippen LogP contribution in [0.4, 0.5) is 0 Å². The molecule has 1 aromatic heterocycles. The molecule has 19 heavy (non-hydrogen) atoms. The number of carbonyl (C=O) groups is 2. The first kappa shape index (κ1) is 13.5. The summed E-state index contributed by atoms with van der Waals surface area (Å²) in [7, 11) is 1.77. The molecule has 2 rings (SSSR count). The van der Waals surface area contributed by atoms with Crippen molar-refractivity contribution in [3.8, 4) is 0 Å². The Bertz CT molecular complexity index is 523. The molecule has 5 heteroatoms. The SMILES string of the molecule is C[C@@H](N(C)C(=O)c1cccc(C(N)=O)n1)C1(C)CC1. The molecule has 2 amide bonds. The molecule has 1 aliphatic carbocycles. The molecule has 1 aromatic rings. The lowest BCUT2D eigenvalue weighted by Gasteiger charge is -2.29. The minimum atomic E-state index is -0.625. The summed E-state index contributed by atoms with van der Waals surface area (Å²) in [5, 5.41) is 0. The van der Waals surface area contributed by atoms with Gasteiger partial charge in [-0.1, -0.05) is 13.0 Å². The monoisotopic (exact) mass is 261 g/mol. The van der Waals surface area contributed by atoms with E-state index in [-0.39, 0.29) is 28.8 Å². The topological polar surface area (TPSA) is 76.3 Å². The van der Waals surface area contributed by atoms with E-state index in [1.165, 1.54) is 6.07 Å². The largest absolute Gasteiger partial charge is 0.364 e. The number of aromatic nitrogens is 1. The number of hydrogen-bond acceptors (Lipinski definition) is 3. The third kappa shape index (κ3) is 2.59. The van der Waals surface area contributed by atoms with Crippen LogP contribution in [0.1, 0.15) is 47.7 Å². The van der Waals surface area contributed by atoms with Crippen LogP contribution in [0.5, 0.6) is 0 Å². The van der Waals surface area contributed by atoms with Gasteiger partial charge in [0.15, 0.2) is 0 Å². The average molecular weight is 261 g/mol. The molecule has 1 heterocycles. The second kappa shape index (κ2) is 4.64. The van der Waals surface area contributed by atoms with Gasteiger partial charge in [-0.2, -0.15) is 0 Å². The maximum absolute atomic E-state index is 12.3. The fraction of sp³-hybridized carbons (Fsp3) is 0.500. The first-order chi connectivity index (χ1) is 8.85. The number of hydrogen-bond donors (Lipinski definition) is 1. The molecule has 0 aromatic carbocycles. The smallest absolute Gasteiger partial charge is 0.272 e. The van der Waals surface area contributed by atoms with Gasteiger partial charge in [-0.25, -0.2) is 4.98 Å². The van der Waals surface area contributed by atoms with Crippen LogP contribution >= 0.6 is 0 Å². The van der Waals surface area contributed by atoms with E-state index in [9.17, 15) is 9.59 Å². The van der Waals surface area contributed by atoms with E-state index in [0.717, 1.165) is 12.8 Å². The normalized spacial score (nSPS) is 17.6. The Kier molecular flexibility index (Phi) is 3.30. The minimum Gasteiger partial charge on any atom is -0.364 e. The van der Waals surface area contributed by atoms with Gasteiger partial charge in [0.2, 0.25) is 0 Å². The summed E-state index contributed by atoms with van der Waals surface area (Å²) in [5.74, 6) is -0.803. The lowest BCUT2D eigenvalue weighted by Crippen LogP contribution is -2.40. The van der Waals surface area contributed by atoms with Crippen LogP contribution in [0.3, 0.4) is 0 Å². The van der Waals surface area contributed by atoms with Crippen LogP contribution < -0.4 is 5.73 Å². The lowest BCUT2D eigenvalue weighted by atomic mass is 9.99. The molecule has 0 aliphatic heterocycles.